The standard InChI is InChI=1S/C24H22F2N2O4/c1-28(15-17-11-13-19(14-12-17)32-24(25)26)22(29)16-31-21-10-6-5-9-20(21)23(30)27-18-7-3-2-4-8-18/h2-14,24H,15-16H2,1H3,(H,27,30). The van der Waals surface area contributed by atoms with E-state index in [1.54, 1.807) is 55.6 Å². The van der Waals surface area contributed by atoms with Gasteiger partial charge in [-0.1, -0.05) is 42.5 Å². The Bertz CT molecular complexity index is 1040. The first-order valence-corrected chi connectivity index (χ1v) is 9.78. The molecule has 0 saturated heterocycles. The number of nitrogens with zero attached hydrogens (tertiary/aromatic N) is 1. The second-order valence-electron chi connectivity index (χ2n) is 6.88. The van der Waals surface area contributed by atoms with Gasteiger partial charge in [0.25, 0.3) is 11.8 Å². The van der Waals surface area contributed by atoms with E-state index in [1.165, 1.54) is 17.0 Å². The van der Waals surface area contributed by atoms with Crippen molar-refractivity contribution >= 4 is 17.5 Å². The summed E-state index contributed by atoms with van der Waals surface area (Å²) in [5.41, 5.74) is 1.69. The minimum Gasteiger partial charge on any atom is -0.483 e. The van der Waals surface area contributed by atoms with Crippen LogP contribution in [0, 0.1) is 0 Å². The lowest BCUT2D eigenvalue weighted by molar-refractivity contribution is -0.132. The van der Waals surface area contributed by atoms with Crippen molar-refractivity contribution in [1.82, 2.24) is 4.90 Å². The normalized spacial score (nSPS) is 10.5. The summed E-state index contributed by atoms with van der Waals surface area (Å²) in [4.78, 5) is 26.5. The van der Waals surface area contributed by atoms with E-state index in [-0.39, 0.29) is 36.5 Å². The number of hydrogen-bond donors (Lipinski definition) is 1. The fourth-order valence-electron chi connectivity index (χ4n) is 2.89. The molecule has 3 aromatic rings. The van der Waals surface area contributed by atoms with Gasteiger partial charge >= 0.3 is 6.61 Å². The molecule has 0 atom stereocenters. The molecule has 32 heavy (non-hydrogen) atoms. The maximum Gasteiger partial charge on any atom is 0.387 e. The number of anilines is 1. The van der Waals surface area contributed by atoms with Crippen molar-refractivity contribution in [1.29, 1.82) is 0 Å². The topological polar surface area (TPSA) is 67.9 Å². The molecule has 0 aliphatic heterocycles. The average Bonchev–Trinajstić information content (AvgIpc) is 2.79. The zero-order chi connectivity index (χ0) is 22.9. The monoisotopic (exact) mass is 440 g/mol. The summed E-state index contributed by atoms with van der Waals surface area (Å²) in [6.45, 7) is -2.90. The maximum atomic E-state index is 12.6. The third-order valence-corrected chi connectivity index (χ3v) is 4.51. The van der Waals surface area contributed by atoms with E-state index >= 15 is 0 Å². The molecule has 3 aromatic carbocycles. The molecule has 0 aliphatic rings. The first kappa shape index (κ1) is 22.7. The highest BCUT2D eigenvalue weighted by Crippen LogP contribution is 2.20. The van der Waals surface area contributed by atoms with Gasteiger partial charge in [0.15, 0.2) is 6.61 Å². The Hall–Kier alpha value is -3.94. The number of benzene rings is 3. The van der Waals surface area contributed by atoms with Crippen LogP contribution >= 0.6 is 0 Å². The van der Waals surface area contributed by atoms with E-state index in [9.17, 15) is 18.4 Å². The van der Waals surface area contributed by atoms with Crippen LogP contribution in [0.5, 0.6) is 11.5 Å². The lowest BCUT2D eigenvalue weighted by Gasteiger charge is -2.18. The van der Waals surface area contributed by atoms with E-state index < -0.39 is 6.61 Å². The highest BCUT2D eigenvalue weighted by molar-refractivity contribution is 6.06. The number of para-hydroxylation sites is 2. The average molecular weight is 440 g/mol. The van der Waals surface area contributed by atoms with Gasteiger partial charge in [-0.15, -0.1) is 0 Å². The van der Waals surface area contributed by atoms with E-state index in [1.807, 2.05) is 18.2 Å². The summed E-state index contributed by atoms with van der Waals surface area (Å²) in [6.07, 6.45) is 0. The van der Waals surface area contributed by atoms with Crippen LogP contribution in [0.1, 0.15) is 15.9 Å². The van der Waals surface area contributed by atoms with Crippen LogP contribution in [0.4, 0.5) is 14.5 Å². The second-order valence-corrected chi connectivity index (χ2v) is 6.88. The lowest BCUT2D eigenvalue weighted by Crippen LogP contribution is -2.31. The van der Waals surface area contributed by atoms with Crippen LogP contribution in [-0.2, 0) is 11.3 Å². The van der Waals surface area contributed by atoms with Gasteiger partial charge in [0, 0.05) is 19.3 Å². The molecule has 0 spiro atoms. The number of amides is 2. The molecule has 2 amide bonds. The predicted octanol–water partition coefficient (Wildman–Crippen LogP) is 4.58. The Morgan fingerprint density at radius 3 is 2.28 bits per heavy atom. The number of nitrogens with one attached hydrogen (secondary N) is 1. The molecule has 1 N–H and O–H groups in total. The number of halogens is 2. The van der Waals surface area contributed by atoms with Crippen molar-refractivity contribution in [2.75, 3.05) is 19.0 Å². The number of rotatable bonds is 9. The third-order valence-electron chi connectivity index (χ3n) is 4.51. The molecule has 166 valence electrons. The molecule has 0 aromatic heterocycles. The van der Waals surface area contributed by atoms with Crippen LogP contribution in [0.2, 0.25) is 0 Å². The molecule has 8 heteroatoms. The molecule has 0 unspecified atom stereocenters. The molecular formula is C24H22F2N2O4. The van der Waals surface area contributed by atoms with E-state index in [2.05, 4.69) is 10.1 Å². The Labute approximate surface area is 184 Å². The largest absolute Gasteiger partial charge is 0.483 e. The van der Waals surface area contributed by atoms with Crippen molar-refractivity contribution in [3.63, 3.8) is 0 Å². The maximum absolute atomic E-state index is 12.6. The highest BCUT2D eigenvalue weighted by Gasteiger charge is 2.15. The third kappa shape index (κ3) is 6.53. The summed E-state index contributed by atoms with van der Waals surface area (Å²) in [5.74, 6) is -0.322. The molecule has 0 saturated carbocycles. The van der Waals surface area contributed by atoms with Crippen LogP contribution < -0.4 is 14.8 Å². The van der Waals surface area contributed by atoms with Gasteiger partial charge in [0.2, 0.25) is 0 Å². The van der Waals surface area contributed by atoms with Crippen LogP contribution in [-0.4, -0.2) is 37.0 Å². The van der Waals surface area contributed by atoms with Gasteiger partial charge in [0.1, 0.15) is 11.5 Å². The first-order valence-electron chi connectivity index (χ1n) is 9.78. The van der Waals surface area contributed by atoms with Crippen LogP contribution in [0.15, 0.2) is 78.9 Å². The summed E-state index contributed by atoms with van der Waals surface area (Å²) in [5, 5.41) is 2.79. The van der Waals surface area contributed by atoms with Gasteiger partial charge in [-0.05, 0) is 42.0 Å². The summed E-state index contributed by atoms with van der Waals surface area (Å²) in [6, 6.07) is 21.7. The van der Waals surface area contributed by atoms with E-state index in [0.29, 0.717) is 11.3 Å². The van der Waals surface area contributed by atoms with Crippen molar-refractivity contribution in [2.24, 2.45) is 0 Å². The van der Waals surface area contributed by atoms with Gasteiger partial charge in [-0.25, -0.2) is 0 Å². The van der Waals surface area contributed by atoms with Crippen molar-refractivity contribution in [3.8, 4) is 11.5 Å². The lowest BCUT2D eigenvalue weighted by atomic mass is 10.2. The number of alkyl halides is 2. The van der Waals surface area contributed by atoms with Crippen molar-refractivity contribution in [3.05, 3.63) is 90.0 Å². The molecule has 0 fully saturated rings. The molecule has 0 radical (unpaired) electrons. The fourth-order valence-corrected chi connectivity index (χ4v) is 2.89. The number of hydrogen-bond acceptors (Lipinski definition) is 4. The minimum atomic E-state index is -2.89. The molecule has 0 aliphatic carbocycles. The van der Waals surface area contributed by atoms with Crippen molar-refractivity contribution < 1.29 is 27.8 Å². The van der Waals surface area contributed by atoms with E-state index in [0.717, 1.165) is 5.56 Å². The molecule has 0 bridgehead atoms. The van der Waals surface area contributed by atoms with Crippen LogP contribution in [0.25, 0.3) is 0 Å². The number of carbonyl (C=O) groups excluding carboxylic acids is 2. The Balaban J connectivity index is 1.57. The number of carbonyl (C=O) groups is 2. The first-order chi connectivity index (χ1) is 15.4. The summed E-state index contributed by atoms with van der Waals surface area (Å²) >= 11 is 0. The van der Waals surface area contributed by atoms with Crippen LogP contribution in [0.3, 0.4) is 0 Å². The molecule has 6 nitrogen and oxygen atoms in total. The number of ether oxygens (including phenoxy) is 2. The van der Waals surface area contributed by atoms with Gasteiger partial charge in [-0.2, -0.15) is 8.78 Å². The molecule has 0 heterocycles. The predicted molar refractivity (Wildman–Crippen MR) is 116 cm³/mol. The minimum absolute atomic E-state index is 0.0476. The zero-order valence-electron chi connectivity index (χ0n) is 17.3. The molecular weight excluding hydrogens is 418 g/mol. The SMILES string of the molecule is CN(Cc1ccc(OC(F)F)cc1)C(=O)COc1ccccc1C(=O)Nc1ccccc1. The second kappa shape index (κ2) is 10.9. The highest BCUT2D eigenvalue weighted by atomic mass is 19.3. The number of likely N-dealkylation sites (N-methyl/N-ethyl adjacent to an activating group) is 1. The van der Waals surface area contributed by atoms with E-state index in [4.69, 9.17) is 4.74 Å². The summed E-state index contributed by atoms with van der Waals surface area (Å²) in [7, 11) is 1.60. The fraction of sp³-hybridized carbons (Fsp3) is 0.167. The van der Waals surface area contributed by atoms with Crippen molar-refractivity contribution in [2.45, 2.75) is 13.2 Å². The van der Waals surface area contributed by atoms with Gasteiger partial charge in [-0.3, -0.25) is 9.59 Å². The molecule has 3 rings (SSSR count). The Morgan fingerprint density at radius 2 is 1.59 bits per heavy atom. The van der Waals surface area contributed by atoms with Gasteiger partial charge < -0.3 is 19.7 Å². The Morgan fingerprint density at radius 1 is 0.938 bits per heavy atom. The zero-order valence-corrected chi connectivity index (χ0v) is 17.3. The van der Waals surface area contributed by atoms with Gasteiger partial charge in [0.05, 0.1) is 5.56 Å². The summed E-state index contributed by atoms with van der Waals surface area (Å²) < 4.78 is 34.4. The Kier molecular flexibility index (Phi) is 7.75. The quantitative estimate of drug-likeness (QED) is 0.529. The smallest absolute Gasteiger partial charge is 0.387 e.